The molecule has 3 rings (SSSR count). The van der Waals surface area contributed by atoms with Crippen LogP contribution in [-0.4, -0.2) is 10.9 Å². The number of carbonyl (C=O) groups excluding carboxylic acids is 1. The zero-order chi connectivity index (χ0) is 21.7. The number of alkyl halides is 6. The molecule has 0 radical (unpaired) electrons. The van der Waals surface area contributed by atoms with Crippen LogP contribution < -0.4 is 0 Å². The summed E-state index contributed by atoms with van der Waals surface area (Å²) in [6.07, 6.45) is -10.6. The molecule has 3 aromatic rings. The lowest BCUT2D eigenvalue weighted by atomic mass is 9.95. The molecule has 1 aromatic heterocycles. The Morgan fingerprint density at radius 1 is 1.00 bits per heavy atom. The number of rotatable bonds is 3. The standard InChI is InChI=1S/C19H11F7O3/c1-2-13-15(10-7-9(20)3-4-14(10)29-13)16(27)8-5-11(18(21,22)23)17(28)12(6-8)19(24,25)26/h3-7,28H,2H2,1H3. The summed E-state index contributed by atoms with van der Waals surface area (Å²) in [5, 5.41) is 9.40. The van der Waals surface area contributed by atoms with Crippen molar-refractivity contribution in [3.8, 4) is 5.75 Å². The van der Waals surface area contributed by atoms with Gasteiger partial charge in [-0.1, -0.05) is 6.92 Å². The summed E-state index contributed by atoms with van der Waals surface area (Å²) in [5.41, 5.74) is -5.27. The van der Waals surface area contributed by atoms with Gasteiger partial charge in [-0.2, -0.15) is 26.3 Å². The smallest absolute Gasteiger partial charge is 0.419 e. The third-order valence-corrected chi connectivity index (χ3v) is 4.25. The molecule has 2 aromatic carbocycles. The molecule has 29 heavy (non-hydrogen) atoms. The fraction of sp³-hybridized carbons (Fsp3) is 0.211. The molecule has 0 saturated heterocycles. The van der Waals surface area contributed by atoms with Crippen molar-refractivity contribution in [2.45, 2.75) is 25.7 Å². The molecule has 0 aliphatic carbocycles. The number of halogens is 7. The van der Waals surface area contributed by atoms with Gasteiger partial charge in [0.1, 0.15) is 22.9 Å². The van der Waals surface area contributed by atoms with E-state index in [1.807, 2.05) is 0 Å². The van der Waals surface area contributed by atoms with Crippen LogP contribution in [0.5, 0.6) is 5.75 Å². The van der Waals surface area contributed by atoms with Gasteiger partial charge in [0.2, 0.25) is 0 Å². The molecule has 1 N–H and O–H groups in total. The predicted molar refractivity (Wildman–Crippen MR) is 87.1 cm³/mol. The predicted octanol–water partition coefficient (Wildman–Crippen LogP) is 6.11. The number of carbonyl (C=O) groups is 1. The van der Waals surface area contributed by atoms with Gasteiger partial charge in [0.25, 0.3) is 0 Å². The fourth-order valence-corrected chi connectivity index (χ4v) is 2.96. The highest BCUT2D eigenvalue weighted by Gasteiger charge is 2.42. The van der Waals surface area contributed by atoms with Crippen LogP contribution in [0.3, 0.4) is 0 Å². The zero-order valence-electron chi connectivity index (χ0n) is 14.5. The number of furan rings is 1. The first-order valence-electron chi connectivity index (χ1n) is 8.11. The lowest BCUT2D eigenvalue weighted by Crippen LogP contribution is -2.15. The van der Waals surface area contributed by atoms with Crippen LogP contribution in [-0.2, 0) is 18.8 Å². The van der Waals surface area contributed by atoms with Crippen LogP contribution in [0.1, 0.15) is 39.7 Å². The average Bonchev–Trinajstić information content (AvgIpc) is 2.96. The topological polar surface area (TPSA) is 50.4 Å². The second kappa shape index (κ2) is 6.78. The number of hydrogen-bond acceptors (Lipinski definition) is 3. The van der Waals surface area contributed by atoms with Gasteiger partial charge in [-0.15, -0.1) is 0 Å². The van der Waals surface area contributed by atoms with Gasteiger partial charge in [0, 0.05) is 17.4 Å². The van der Waals surface area contributed by atoms with Crippen LogP contribution in [0.2, 0.25) is 0 Å². The van der Waals surface area contributed by atoms with E-state index in [2.05, 4.69) is 0 Å². The molecule has 3 nitrogen and oxygen atoms in total. The molecular weight excluding hydrogens is 409 g/mol. The first-order valence-corrected chi connectivity index (χ1v) is 8.11. The molecule has 0 bridgehead atoms. The van der Waals surface area contributed by atoms with Crippen molar-refractivity contribution in [1.29, 1.82) is 0 Å². The molecule has 0 unspecified atom stereocenters. The molecule has 0 fully saturated rings. The summed E-state index contributed by atoms with van der Waals surface area (Å²) in [4.78, 5) is 12.9. The Bertz CT molecular complexity index is 1070. The van der Waals surface area contributed by atoms with Crippen molar-refractivity contribution in [2.75, 3.05) is 0 Å². The number of ketones is 1. The molecule has 0 aliphatic rings. The minimum Gasteiger partial charge on any atom is -0.507 e. The van der Waals surface area contributed by atoms with Crippen LogP contribution >= 0.6 is 0 Å². The number of phenols is 1. The van der Waals surface area contributed by atoms with Crippen molar-refractivity contribution in [3.05, 3.63) is 64.2 Å². The molecule has 0 spiro atoms. The van der Waals surface area contributed by atoms with Gasteiger partial charge >= 0.3 is 12.4 Å². The molecule has 0 atom stereocenters. The maximum absolute atomic E-state index is 13.6. The lowest BCUT2D eigenvalue weighted by molar-refractivity contribution is -0.145. The van der Waals surface area contributed by atoms with Crippen LogP contribution in [0.4, 0.5) is 30.7 Å². The molecule has 0 aliphatic heterocycles. The highest BCUT2D eigenvalue weighted by atomic mass is 19.4. The average molecular weight is 420 g/mol. The number of hydrogen-bond donors (Lipinski definition) is 1. The molecule has 1 heterocycles. The molecule has 10 heteroatoms. The normalized spacial score (nSPS) is 12.6. The van der Waals surface area contributed by atoms with Gasteiger partial charge in [0.05, 0.1) is 16.7 Å². The fourth-order valence-electron chi connectivity index (χ4n) is 2.96. The summed E-state index contributed by atoms with van der Waals surface area (Å²) in [6, 6.07) is 3.39. The lowest BCUT2D eigenvalue weighted by Gasteiger charge is -2.16. The zero-order valence-corrected chi connectivity index (χ0v) is 14.5. The Hall–Kier alpha value is -3.04. The number of fused-ring (bicyclic) bond motifs is 1. The highest BCUT2D eigenvalue weighted by molar-refractivity contribution is 6.17. The quantitative estimate of drug-likeness (QED) is 0.411. The molecule has 0 amide bonds. The Kier molecular flexibility index (Phi) is 4.84. The second-order valence-corrected chi connectivity index (χ2v) is 6.14. The SMILES string of the molecule is CCc1oc2ccc(F)cc2c1C(=O)c1cc(C(F)(F)F)c(O)c(C(F)(F)F)c1. The van der Waals surface area contributed by atoms with E-state index in [1.54, 1.807) is 6.92 Å². The monoisotopic (exact) mass is 420 g/mol. The summed E-state index contributed by atoms with van der Waals surface area (Å²) in [7, 11) is 0. The summed E-state index contributed by atoms with van der Waals surface area (Å²) in [5.74, 6) is -4.04. The summed E-state index contributed by atoms with van der Waals surface area (Å²) >= 11 is 0. The Morgan fingerprint density at radius 2 is 1.55 bits per heavy atom. The van der Waals surface area contributed by atoms with E-state index < -0.39 is 46.4 Å². The molecule has 154 valence electrons. The van der Waals surface area contributed by atoms with E-state index in [0.717, 1.165) is 12.1 Å². The maximum atomic E-state index is 13.6. The van der Waals surface area contributed by atoms with Crippen LogP contribution in [0.25, 0.3) is 11.0 Å². The van der Waals surface area contributed by atoms with E-state index in [9.17, 15) is 40.6 Å². The highest BCUT2D eigenvalue weighted by Crippen LogP contribution is 2.44. The Balaban J connectivity index is 2.30. The van der Waals surface area contributed by atoms with Crippen molar-refractivity contribution in [3.63, 3.8) is 0 Å². The van der Waals surface area contributed by atoms with Gasteiger partial charge in [-0.25, -0.2) is 4.39 Å². The largest absolute Gasteiger partial charge is 0.507 e. The first-order chi connectivity index (χ1) is 13.3. The second-order valence-electron chi connectivity index (χ2n) is 6.14. The number of phenolic OH excluding ortho intramolecular Hbond substituents is 1. The van der Waals surface area contributed by atoms with Gasteiger partial charge < -0.3 is 9.52 Å². The minimum absolute atomic E-state index is 0.0224. The van der Waals surface area contributed by atoms with Crippen molar-refractivity contribution < 1.29 is 45.1 Å². The first kappa shape index (κ1) is 20.7. The van der Waals surface area contributed by atoms with E-state index in [4.69, 9.17) is 4.42 Å². The van der Waals surface area contributed by atoms with Crippen molar-refractivity contribution >= 4 is 16.8 Å². The third kappa shape index (κ3) is 3.66. The van der Waals surface area contributed by atoms with E-state index in [-0.39, 0.29) is 40.8 Å². The van der Waals surface area contributed by atoms with Gasteiger partial charge in [-0.05, 0) is 30.3 Å². The van der Waals surface area contributed by atoms with E-state index >= 15 is 0 Å². The van der Waals surface area contributed by atoms with Gasteiger partial charge in [0.15, 0.2) is 5.78 Å². The minimum atomic E-state index is -5.35. The summed E-state index contributed by atoms with van der Waals surface area (Å²) < 4.78 is 97.9. The Morgan fingerprint density at radius 3 is 2.03 bits per heavy atom. The Labute approximate surface area is 158 Å². The summed E-state index contributed by atoms with van der Waals surface area (Å²) in [6.45, 7) is 1.55. The van der Waals surface area contributed by atoms with Crippen molar-refractivity contribution in [1.82, 2.24) is 0 Å². The van der Waals surface area contributed by atoms with Crippen LogP contribution in [0.15, 0.2) is 34.7 Å². The number of aromatic hydroxyl groups is 1. The third-order valence-electron chi connectivity index (χ3n) is 4.25. The van der Waals surface area contributed by atoms with Crippen molar-refractivity contribution in [2.24, 2.45) is 0 Å². The molecular formula is C19H11F7O3. The number of benzene rings is 2. The van der Waals surface area contributed by atoms with Gasteiger partial charge in [-0.3, -0.25) is 4.79 Å². The molecule has 0 saturated carbocycles. The maximum Gasteiger partial charge on any atom is 0.419 e. The van der Waals surface area contributed by atoms with E-state index in [0.29, 0.717) is 0 Å². The van der Waals surface area contributed by atoms with Crippen LogP contribution in [0, 0.1) is 5.82 Å². The van der Waals surface area contributed by atoms with E-state index in [1.165, 1.54) is 6.07 Å². The number of aryl methyl sites for hydroxylation is 1.